The van der Waals surface area contributed by atoms with Crippen molar-refractivity contribution in [2.75, 3.05) is 11.9 Å². The van der Waals surface area contributed by atoms with Crippen molar-refractivity contribution in [2.24, 2.45) is 0 Å². The molecule has 0 saturated carbocycles. The lowest BCUT2D eigenvalue weighted by Crippen LogP contribution is -2.40. The van der Waals surface area contributed by atoms with E-state index in [9.17, 15) is 14.4 Å². The van der Waals surface area contributed by atoms with E-state index in [1.807, 2.05) is 63.2 Å². The zero-order valence-electron chi connectivity index (χ0n) is 17.1. The number of carbonyl (C=O) groups excluding carboxylic acids is 3. The summed E-state index contributed by atoms with van der Waals surface area (Å²) in [6, 6.07) is 13.3. The van der Waals surface area contributed by atoms with Gasteiger partial charge in [-0.1, -0.05) is 48.0 Å². The number of carbonyl (C=O) groups is 3. The molecule has 2 amide bonds. The molecule has 0 radical (unpaired) electrons. The highest BCUT2D eigenvalue weighted by atomic mass is 16.5. The molecular weight excluding hydrogens is 368 g/mol. The first-order valence-electron chi connectivity index (χ1n) is 9.35. The second-order valence-electron chi connectivity index (χ2n) is 6.86. The van der Waals surface area contributed by atoms with Crippen molar-refractivity contribution < 1.29 is 19.1 Å². The van der Waals surface area contributed by atoms with Crippen LogP contribution in [0.3, 0.4) is 0 Å². The Morgan fingerprint density at radius 2 is 1.62 bits per heavy atom. The van der Waals surface area contributed by atoms with Gasteiger partial charge in [-0.05, 0) is 50.5 Å². The number of aryl methyl sites for hydroxylation is 3. The van der Waals surface area contributed by atoms with Crippen molar-refractivity contribution in [2.45, 2.75) is 33.8 Å². The van der Waals surface area contributed by atoms with Crippen molar-refractivity contribution in [3.8, 4) is 0 Å². The highest BCUT2D eigenvalue weighted by Crippen LogP contribution is 2.19. The maximum Gasteiger partial charge on any atom is 0.331 e. The van der Waals surface area contributed by atoms with Gasteiger partial charge in [0.05, 0.1) is 6.54 Å². The molecule has 0 bridgehead atoms. The summed E-state index contributed by atoms with van der Waals surface area (Å²) in [5.41, 5.74) is 4.58. The maximum absolute atomic E-state index is 12.1. The molecule has 29 heavy (non-hydrogen) atoms. The van der Waals surface area contributed by atoms with Gasteiger partial charge < -0.3 is 15.4 Å². The van der Waals surface area contributed by atoms with E-state index in [0.29, 0.717) is 0 Å². The molecule has 6 nitrogen and oxygen atoms in total. The molecule has 0 spiro atoms. The van der Waals surface area contributed by atoms with Crippen LogP contribution in [0.2, 0.25) is 0 Å². The van der Waals surface area contributed by atoms with Crippen LogP contribution in [0.5, 0.6) is 0 Å². The van der Waals surface area contributed by atoms with Gasteiger partial charge in [0.2, 0.25) is 5.91 Å². The Kier molecular flexibility index (Phi) is 7.71. The summed E-state index contributed by atoms with van der Waals surface area (Å²) in [4.78, 5) is 36.1. The zero-order valence-corrected chi connectivity index (χ0v) is 17.1. The molecule has 2 aromatic rings. The van der Waals surface area contributed by atoms with Crippen molar-refractivity contribution in [3.05, 3.63) is 70.8 Å². The summed E-state index contributed by atoms with van der Waals surface area (Å²) >= 11 is 0. The second kappa shape index (κ2) is 10.2. The molecule has 152 valence electrons. The van der Waals surface area contributed by atoms with E-state index >= 15 is 0 Å². The predicted molar refractivity (Wildman–Crippen MR) is 113 cm³/mol. The highest BCUT2D eigenvalue weighted by Gasteiger charge is 2.17. The number of para-hydroxylation sites is 1. The number of benzene rings is 2. The van der Waals surface area contributed by atoms with Gasteiger partial charge in [-0.15, -0.1) is 0 Å². The molecule has 0 aliphatic carbocycles. The number of rotatable bonds is 7. The maximum atomic E-state index is 12.1. The van der Waals surface area contributed by atoms with Gasteiger partial charge >= 0.3 is 5.97 Å². The van der Waals surface area contributed by atoms with E-state index in [2.05, 4.69) is 10.6 Å². The Hall–Kier alpha value is -3.41. The molecule has 2 N–H and O–H groups in total. The Morgan fingerprint density at radius 1 is 1.00 bits per heavy atom. The third-order valence-corrected chi connectivity index (χ3v) is 4.32. The highest BCUT2D eigenvalue weighted by molar-refractivity contribution is 5.96. The van der Waals surface area contributed by atoms with Crippen molar-refractivity contribution >= 4 is 29.5 Å². The molecule has 0 aliphatic rings. The quantitative estimate of drug-likeness (QED) is 0.557. The molecular formula is C23H26N2O4. The fourth-order valence-corrected chi connectivity index (χ4v) is 2.62. The first-order chi connectivity index (χ1) is 13.8. The lowest BCUT2D eigenvalue weighted by Gasteiger charge is -2.14. The third-order valence-electron chi connectivity index (χ3n) is 4.32. The zero-order chi connectivity index (χ0) is 21.4. The van der Waals surface area contributed by atoms with Gasteiger partial charge in [-0.25, -0.2) is 4.79 Å². The van der Waals surface area contributed by atoms with Crippen LogP contribution in [0.15, 0.2) is 48.5 Å². The minimum atomic E-state index is -1.02. The fraction of sp³-hybridized carbons (Fsp3) is 0.261. The molecule has 0 heterocycles. The van der Waals surface area contributed by atoms with Gasteiger partial charge in [0.25, 0.3) is 5.91 Å². The molecule has 1 unspecified atom stereocenters. The van der Waals surface area contributed by atoms with Crippen LogP contribution in [-0.4, -0.2) is 30.4 Å². The average molecular weight is 394 g/mol. The Bertz CT molecular complexity index is 897. The summed E-state index contributed by atoms with van der Waals surface area (Å²) in [7, 11) is 0. The summed E-state index contributed by atoms with van der Waals surface area (Å²) < 4.78 is 5.08. The summed E-state index contributed by atoms with van der Waals surface area (Å²) in [5.74, 6) is -1.53. The van der Waals surface area contributed by atoms with E-state index < -0.39 is 18.0 Å². The molecule has 0 aromatic heterocycles. The first kappa shape index (κ1) is 21.9. The molecule has 0 saturated heterocycles. The van der Waals surface area contributed by atoms with Crippen LogP contribution in [0.1, 0.15) is 29.2 Å². The van der Waals surface area contributed by atoms with Crippen LogP contribution < -0.4 is 10.6 Å². The van der Waals surface area contributed by atoms with Crippen LogP contribution >= 0.6 is 0 Å². The van der Waals surface area contributed by atoms with Gasteiger partial charge in [0.1, 0.15) is 0 Å². The smallest absolute Gasteiger partial charge is 0.331 e. The van der Waals surface area contributed by atoms with E-state index in [4.69, 9.17) is 4.74 Å². The van der Waals surface area contributed by atoms with Gasteiger partial charge in [0, 0.05) is 11.8 Å². The van der Waals surface area contributed by atoms with Crippen molar-refractivity contribution in [1.82, 2.24) is 5.32 Å². The molecule has 1 atom stereocenters. The topological polar surface area (TPSA) is 84.5 Å². The molecule has 2 rings (SSSR count). The normalized spacial score (nSPS) is 11.7. The fourth-order valence-electron chi connectivity index (χ4n) is 2.62. The summed E-state index contributed by atoms with van der Waals surface area (Å²) in [6.07, 6.45) is 1.87. The summed E-state index contributed by atoms with van der Waals surface area (Å²) in [5, 5.41) is 5.26. The third kappa shape index (κ3) is 6.92. The van der Waals surface area contributed by atoms with Gasteiger partial charge in [-0.3, -0.25) is 9.59 Å². The van der Waals surface area contributed by atoms with E-state index in [1.165, 1.54) is 13.0 Å². The molecule has 2 aromatic carbocycles. The number of amides is 2. The largest absolute Gasteiger partial charge is 0.449 e. The first-order valence-corrected chi connectivity index (χ1v) is 9.35. The standard InChI is InChI=1S/C23H26N2O4/c1-15-8-10-19(11-9-15)12-13-21(27)29-18(4)23(28)24-14-20(26)25-22-16(2)6-5-7-17(22)3/h5-13,18H,14H2,1-4H3,(H,24,28)(H,25,26)/b13-12+. The Labute approximate surface area is 171 Å². The number of ether oxygens (including phenoxy) is 1. The average Bonchev–Trinajstić information content (AvgIpc) is 2.68. The minimum absolute atomic E-state index is 0.215. The number of anilines is 1. The van der Waals surface area contributed by atoms with Crippen LogP contribution in [-0.2, 0) is 19.1 Å². The minimum Gasteiger partial charge on any atom is -0.449 e. The van der Waals surface area contributed by atoms with Crippen LogP contribution in [0, 0.1) is 20.8 Å². The number of hydrogen-bond donors (Lipinski definition) is 2. The Balaban J connectivity index is 1.80. The molecule has 6 heteroatoms. The monoisotopic (exact) mass is 394 g/mol. The predicted octanol–water partition coefficient (Wildman–Crippen LogP) is 3.31. The van der Waals surface area contributed by atoms with E-state index in [0.717, 1.165) is 27.9 Å². The van der Waals surface area contributed by atoms with E-state index in [-0.39, 0.29) is 12.5 Å². The van der Waals surface area contributed by atoms with Crippen molar-refractivity contribution in [3.63, 3.8) is 0 Å². The van der Waals surface area contributed by atoms with Gasteiger partial charge in [0.15, 0.2) is 6.10 Å². The SMILES string of the molecule is Cc1ccc(/C=C/C(=O)OC(C)C(=O)NCC(=O)Nc2c(C)cccc2C)cc1. The number of nitrogens with one attached hydrogen (secondary N) is 2. The number of esters is 1. The van der Waals surface area contributed by atoms with Crippen LogP contribution in [0.4, 0.5) is 5.69 Å². The van der Waals surface area contributed by atoms with E-state index in [1.54, 1.807) is 6.08 Å². The number of hydrogen-bond acceptors (Lipinski definition) is 4. The second-order valence-corrected chi connectivity index (χ2v) is 6.86. The molecule has 0 aliphatic heterocycles. The molecule has 0 fully saturated rings. The lowest BCUT2D eigenvalue weighted by atomic mass is 10.1. The Morgan fingerprint density at radius 3 is 2.24 bits per heavy atom. The summed E-state index contributed by atoms with van der Waals surface area (Å²) in [6.45, 7) is 7.01. The lowest BCUT2D eigenvalue weighted by molar-refractivity contribution is -0.150. The van der Waals surface area contributed by atoms with Gasteiger partial charge in [-0.2, -0.15) is 0 Å². The van der Waals surface area contributed by atoms with Crippen LogP contribution in [0.25, 0.3) is 6.08 Å². The van der Waals surface area contributed by atoms with Crippen molar-refractivity contribution in [1.29, 1.82) is 0 Å².